The van der Waals surface area contributed by atoms with Crippen LogP contribution in [0.2, 0.25) is 0 Å². The highest BCUT2D eigenvalue weighted by atomic mass is 16.4. The minimum absolute atomic E-state index is 0.152. The van der Waals surface area contributed by atoms with Crippen LogP contribution in [0.15, 0.2) is 0 Å². The lowest BCUT2D eigenvalue weighted by Crippen LogP contribution is -2.45. The van der Waals surface area contributed by atoms with E-state index in [-0.39, 0.29) is 12.3 Å². The van der Waals surface area contributed by atoms with Gasteiger partial charge in [-0.15, -0.1) is 0 Å². The smallest absolute Gasteiger partial charge is 0.326 e. The molecule has 0 saturated heterocycles. The molecule has 2 atom stereocenters. The summed E-state index contributed by atoms with van der Waals surface area (Å²) in [6.45, 7) is 3.74. The maximum atomic E-state index is 11.6. The molecule has 6 nitrogen and oxygen atoms in total. The Morgan fingerprint density at radius 2 is 1.95 bits per heavy atom. The molecule has 0 aliphatic carbocycles. The van der Waals surface area contributed by atoms with Crippen LogP contribution in [-0.2, 0) is 9.59 Å². The Balaban J connectivity index is 4.23. The number of aliphatic carboxylic acids is 1. The van der Waals surface area contributed by atoms with Crippen molar-refractivity contribution in [3.63, 3.8) is 0 Å². The van der Waals surface area contributed by atoms with Crippen molar-refractivity contribution in [3.8, 4) is 6.07 Å². The summed E-state index contributed by atoms with van der Waals surface area (Å²) in [6.07, 6.45) is 0.899. The first-order valence-electron chi connectivity index (χ1n) is 6.46. The van der Waals surface area contributed by atoms with E-state index < -0.39 is 24.0 Å². The first-order valence-corrected chi connectivity index (χ1v) is 6.46. The van der Waals surface area contributed by atoms with Crippen molar-refractivity contribution in [2.24, 2.45) is 5.92 Å². The number of aliphatic hydroxyl groups is 1. The minimum atomic E-state index is -1.18. The van der Waals surface area contributed by atoms with E-state index in [1.807, 2.05) is 19.9 Å². The molecule has 0 aromatic carbocycles. The molecule has 0 spiro atoms. The number of nitrogens with zero attached hydrogens (tertiary/aromatic N) is 1. The van der Waals surface area contributed by atoms with E-state index in [0.29, 0.717) is 25.7 Å². The Morgan fingerprint density at radius 1 is 1.32 bits per heavy atom. The molecule has 0 unspecified atom stereocenters. The van der Waals surface area contributed by atoms with Gasteiger partial charge in [0.2, 0.25) is 5.91 Å². The van der Waals surface area contributed by atoms with E-state index in [9.17, 15) is 14.7 Å². The lowest BCUT2D eigenvalue weighted by Gasteiger charge is -2.18. The Bertz CT molecular complexity index is 336. The van der Waals surface area contributed by atoms with E-state index in [0.717, 1.165) is 0 Å². The molecule has 6 heteroatoms. The number of nitrogens with one attached hydrogen (secondary N) is 1. The number of unbranched alkanes of at least 4 members (excludes halogenated alkanes) is 2. The summed E-state index contributed by atoms with van der Waals surface area (Å²) in [5.41, 5.74) is 0. The second kappa shape index (κ2) is 9.34. The maximum absolute atomic E-state index is 11.6. The molecule has 0 bridgehead atoms. The van der Waals surface area contributed by atoms with Gasteiger partial charge in [0.15, 0.2) is 0 Å². The van der Waals surface area contributed by atoms with E-state index >= 15 is 0 Å². The van der Waals surface area contributed by atoms with Crippen molar-refractivity contribution >= 4 is 11.9 Å². The number of carboxylic acids is 1. The molecule has 0 aliphatic heterocycles. The van der Waals surface area contributed by atoms with Crippen molar-refractivity contribution in [1.29, 1.82) is 5.26 Å². The molecule has 3 N–H and O–H groups in total. The number of hydrogen-bond donors (Lipinski definition) is 3. The van der Waals surface area contributed by atoms with E-state index in [2.05, 4.69) is 5.32 Å². The van der Waals surface area contributed by atoms with Gasteiger partial charge in [0, 0.05) is 6.42 Å². The van der Waals surface area contributed by atoms with E-state index in [4.69, 9.17) is 10.4 Å². The lowest BCUT2D eigenvalue weighted by atomic mass is 10.0. The van der Waals surface area contributed by atoms with Crippen LogP contribution in [0.5, 0.6) is 0 Å². The van der Waals surface area contributed by atoms with Gasteiger partial charge >= 0.3 is 5.97 Å². The molecule has 0 radical (unpaired) electrons. The van der Waals surface area contributed by atoms with Gasteiger partial charge in [-0.3, -0.25) is 4.79 Å². The lowest BCUT2D eigenvalue weighted by molar-refractivity contribution is -0.143. The maximum Gasteiger partial charge on any atom is 0.326 e. The summed E-state index contributed by atoms with van der Waals surface area (Å²) in [5.74, 6) is -1.62. The number of aliphatic hydroxyl groups excluding tert-OH is 1. The minimum Gasteiger partial charge on any atom is -0.480 e. The van der Waals surface area contributed by atoms with Gasteiger partial charge in [0.25, 0.3) is 0 Å². The predicted molar refractivity (Wildman–Crippen MR) is 69.1 cm³/mol. The summed E-state index contributed by atoms with van der Waals surface area (Å²) < 4.78 is 0. The van der Waals surface area contributed by atoms with Gasteiger partial charge in [-0.2, -0.15) is 5.26 Å². The third-order valence-corrected chi connectivity index (χ3v) is 2.64. The third kappa shape index (κ3) is 8.16. The zero-order valence-corrected chi connectivity index (χ0v) is 11.4. The molecule has 0 saturated carbocycles. The van der Waals surface area contributed by atoms with Crippen LogP contribution < -0.4 is 5.32 Å². The van der Waals surface area contributed by atoms with Crippen molar-refractivity contribution in [2.45, 2.75) is 58.1 Å². The highest BCUT2D eigenvalue weighted by Crippen LogP contribution is 2.07. The number of hydrogen-bond acceptors (Lipinski definition) is 4. The Kier molecular flexibility index (Phi) is 8.55. The number of carbonyl (C=O) groups excluding carboxylic acids is 1. The first-order chi connectivity index (χ1) is 8.88. The van der Waals surface area contributed by atoms with Gasteiger partial charge < -0.3 is 15.5 Å². The monoisotopic (exact) mass is 270 g/mol. The fourth-order valence-corrected chi connectivity index (χ4v) is 1.63. The fraction of sp³-hybridized carbons (Fsp3) is 0.769. The van der Waals surface area contributed by atoms with Crippen molar-refractivity contribution in [2.75, 3.05) is 0 Å². The average Bonchev–Trinajstić information content (AvgIpc) is 2.31. The molecule has 0 aromatic rings. The molecular weight excluding hydrogens is 248 g/mol. The number of carbonyl (C=O) groups is 2. The molecule has 0 aliphatic rings. The molecule has 108 valence electrons. The number of carboxylic acid groups (broad SMARTS) is 1. The Labute approximate surface area is 113 Å². The quantitative estimate of drug-likeness (QED) is 0.542. The third-order valence-electron chi connectivity index (χ3n) is 2.64. The molecule has 0 rings (SSSR count). The molecule has 0 heterocycles. The van der Waals surface area contributed by atoms with Crippen LogP contribution in [0, 0.1) is 17.2 Å². The normalized spacial score (nSPS) is 13.6. The zero-order chi connectivity index (χ0) is 14.8. The number of rotatable bonds is 9. The van der Waals surface area contributed by atoms with Gasteiger partial charge in [0.1, 0.15) is 12.1 Å². The van der Waals surface area contributed by atoms with Crippen molar-refractivity contribution < 1.29 is 19.8 Å². The van der Waals surface area contributed by atoms with Crippen molar-refractivity contribution in [1.82, 2.24) is 5.32 Å². The number of nitriles is 1. The number of amides is 1. The van der Waals surface area contributed by atoms with E-state index in [1.165, 1.54) is 0 Å². The van der Waals surface area contributed by atoms with Crippen LogP contribution in [-0.4, -0.2) is 34.2 Å². The summed E-state index contributed by atoms with van der Waals surface area (Å²) >= 11 is 0. The highest BCUT2D eigenvalue weighted by molar-refractivity contribution is 5.86. The standard InChI is InChI=1S/C13H22N2O4/c1-9(2)8-11(16)12(17)15-10(13(18)19)6-4-3-5-7-14/h9-11,16H,3-6,8H2,1-2H3,(H,15,17)(H,18,19)/t10-,11+/m1/s1. The SMILES string of the molecule is CC(C)C[C@H](O)C(=O)N[C@H](CCCCC#N)C(=O)O. The van der Waals surface area contributed by atoms with Crippen LogP contribution in [0.25, 0.3) is 0 Å². The topological polar surface area (TPSA) is 110 Å². The Morgan fingerprint density at radius 3 is 2.42 bits per heavy atom. The van der Waals surface area contributed by atoms with E-state index in [1.54, 1.807) is 0 Å². The van der Waals surface area contributed by atoms with Crippen LogP contribution in [0.1, 0.15) is 46.0 Å². The van der Waals surface area contributed by atoms with Crippen LogP contribution in [0.4, 0.5) is 0 Å². The largest absolute Gasteiger partial charge is 0.480 e. The van der Waals surface area contributed by atoms with Crippen LogP contribution in [0.3, 0.4) is 0 Å². The van der Waals surface area contributed by atoms with Gasteiger partial charge in [-0.25, -0.2) is 4.79 Å². The molecule has 0 aromatic heterocycles. The summed E-state index contributed by atoms with van der Waals surface area (Å²) in [4.78, 5) is 22.6. The summed E-state index contributed by atoms with van der Waals surface area (Å²) in [6, 6.07) is 0.970. The van der Waals surface area contributed by atoms with Crippen LogP contribution >= 0.6 is 0 Å². The highest BCUT2D eigenvalue weighted by Gasteiger charge is 2.23. The first kappa shape index (κ1) is 17.4. The molecule has 19 heavy (non-hydrogen) atoms. The zero-order valence-electron chi connectivity index (χ0n) is 11.4. The summed E-state index contributed by atoms with van der Waals surface area (Å²) in [7, 11) is 0. The van der Waals surface area contributed by atoms with Gasteiger partial charge in [0.05, 0.1) is 6.07 Å². The molecule has 1 amide bonds. The summed E-state index contributed by atoms with van der Waals surface area (Å²) in [5, 5.41) is 29.3. The average molecular weight is 270 g/mol. The predicted octanol–water partition coefficient (Wildman–Crippen LogP) is 1.05. The van der Waals surface area contributed by atoms with Gasteiger partial charge in [-0.1, -0.05) is 13.8 Å². The van der Waals surface area contributed by atoms with Gasteiger partial charge in [-0.05, 0) is 31.6 Å². The molecular formula is C13H22N2O4. The van der Waals surface area contributed by atoms with Crippen molar-refractivity contribution in [3.05, 3.63) is 0 Å². The second-order valence-electron chi connectivity index (χ2n) is 4.95. The Hall–Kier alpha value is -1.61. The second-order valence-corrected chi connectivity index (χ2v) is 4.95. The fourth-order valence-electron chi connectivity index (χ4n) is 1.63. The molecule has 0 fully saturated rings.